The summed E-state index contributed by atoms with van der Waals surface area (Å²) in [5.74, 6) is 2.34. The lowest BCUT2D eigenvalue weighted by atomic mass is 9.92. The van der Waals surface area contributed by atoms with Crippen LogP contribution in [0.25, 0.3) is 0 Å². The van der Waals surface area contributed by atoms with Crippen molar-refractivity contribution in [3.63, 3.8) is 0 Å². The van der Waals surface area contributed by atoms with Gasteiger partial charge in [0.1, 0.15) is 5.75 Å². The zero-order chi connectivity index (χ0) is 20.8. The van der Waals surface area contributed by atoms with Crippen molar-refractivity contribution in [2.24, 2.45) is 11.8 Å². The van der Waals surface area contributed by atoms with Crippen molar-refractivity contribution in [3.05, 3.63) is 24.3 Å². The van der Waals surface area contributed by atoms with Crippen molar-refractivity contribution >= 4 is 28.9 Å². The highest BCUT2D eigenvalue weighted by Gasteiger charge is 2.27. The number of ether oxygens (including phenoxy) is 1. The second-order valence-electron chi connectivity index (χ2n) is 8.40. The first-order valence-electron chi connectivity index (χ1n) is 10.7. The van der Waals surface area contributed by atoms with E-state index in [-0.39, 0.29) is 5.91 Å². The smallest absolute Gasteiger partial charge is 0.236 e. The molecule has 1 N–H and O–H groups in total. The molecular formula is C22H34N4O2S. The molecule has 0 spiro atoms. The van der Waals surface area contributed by atoms with Crippen molar-refractivity contribution in [1.29, 1.82) is 0 Å². The van der Waals surface area contributed by atoms with Gasteiger partial charge in [0.15, 0.2) is 5.11 Å². The zero-order valence-electron chi connectivity index (χ0n) is 17.9. The number of nitrogens with one attached hydrogen (secondary N) is 1. The predicted octanol–water partition coefficient (Wildman–Crippen LogP) is 2.90. The Morgan fingerprint density at radius 3 is 2.28 bits per heavy atom. The Morgan fingerprint density at radius 2 is 1.69 bits per heavy atom. The molecule has 0 aromatic heterocycles. The van der Waals surface area contributed by atoms with Gasteiger partial charge in [0, 0.05) is 45.0 Å². The van der Waals surface area contributed by atoms with E-state index in [1.165, 1.54) is 6.42 Å². The molecule has 7 heteroatoms. The average molecular weight is 419 g/mol. The van der Waals surface area contributed by atoms with Crippen LogP contribution in [0.15, 0.2) is 24.3 Å². The number of piperazine rings is 1. The summed E-state index contributed by atoms with van der Waals surface area (Å²) in [6.07, 6.45) is 1.22. The van der Waals surface area contributed by atoms with Gasteiger partial charge in [-0.1, -0.05) is 13.8 Å². The Hall–Kier alpha value is -1.86. The summed E-state index contributed by atoms with van der Waals surface area (Å²) < 4.78 is 5.47. The molecule has 0 radical (unpaired) electrons. The minimum absolute atomic E-state index is 0.270. The Morgan fingerprint density at radius 1 is 1.07 bits per heavy atom. The standard InChI is InChI=1S/C22H34N4O2S/c1-4-28-20-7-5-19(6-8-20)23-22(29)25-11-9-24(10-12-25)16-21(27)26-14-17(2)13-18(3)15-26/h5-8,17-18H,4,9-16H2,1-3H3,(H,23,29)/t17-,18-/m0/s1. The highest BCUT2D eigenvalue weighted by molar-refractivity contribution is 7.80. The van der Waals surface area contributed by atoms with Crippen LogP contribution in [-0.2, 0) is 4.79 Å². The van der Waals surface area contributed by atoms with Crippen LogP contribution in [0.5, 0.6) is 5.75 Å². The first-order valence-corrected chi connectivity index (χ1v) is 11.1. The van der Waals surface area contributed by atoms with Crippen LogP contribution < -0.4 is 10.1 Å². The molecule has 0 bridgehead atoms. The largest absolute Gasteiger partial charge is 0.494 e. The molecule has 1 aromatic rings. The van der Waals surface area contributed by atoms with Gasteiger partial charge in [-0.25, -0.2) is 0 Å². The maximum absolute atomic E-state index is 12.7. The van der Waals surface area contributed by atoms with E-state index in [9.17, 15) is 4.79 Å². The van der Waals surface area contributed by atoms with Gasteiger partial charge in [-0.3, -0.25) is 9.69 Å². The monoisotopic (exact) mass is 418 g/mol. The molecule has 1 aromatic carbocycles. The summed E-state index contributed by atoms with van der Waals surface area (Å²) in [5, 5.41) is 4.04. The van der Waals surface area contributed by atoms with E-state index >= 15 is 0 Å². The summed E-state index contributed by atoms with van der Waals surface area (Å²) in [7, 11) is 0. The van der Waals surface area contributed by atoms with Crippen molar-refractivity contribution < 1.29 is 9.53 Å². The number of anilines is 1. The van der Waals surface area contributed by atoms with Gasteiger partial charge in [0.05, 0.1) is 13.2 Å². The van der Waals surface area contributed by atoms with Crippen molar-refractivity contribution in [2.75, 3.05) is 57.7 Å². The third-order valence-corrected chi connectivity index (χ3v) is 6.02. The number of piperidine rings is 1. The maximum atomic E-state index is 12.7. The number of carbonyl (C=O) groups is 1. The minimum atomic E-state index is 0.270. The molecule has 2 aliphatic heterocycles. The Kier molecular flexibility index (Phi) is 7.72. The lowest BCUT2D eigenvalue weighted by Crippen LogP contribution is -2.53. The molecule has 6 nitrogen and oxygen atoms in total. The second-order valence-corrected chi connectivity index (χ2v) is 8.78. The van der Waals surface area contributed by atoms with Crippen LogP contribution in [0.2, 0.25) is 0 Å². The average Bonchev–Trinajstić information content (AvgIpc) is 2.69. The van der Waals surface area contributed by atoms with Gasteiger partial charge in [0.2, 0.25) is 5.91 Å². The molecular weight excluding hydrogens is 384 g/mol. The summed E-state index contributed by atoms with van der Waals surface area (Å²) in [4.78, 5) is 19.2. The Balaban J connectivity index is 1.42. The van der Waals surface area contributed by atoms with Gasteiger partial charge < -0.3 is 19.9 Å². The number of benzene rings is 1. The summed E-state index contributed by atoms with van der Waals surface area (Å²) in [6, 6.07) is 7.85. The third kappa shape index (κ3) is 6.31. The third-order valence-electron chi connectivity index (χ3n) is 5.66. The molecule has 2 atom stereocenters. The van der Waals surface area contributed by atoms with E-state index in [1.54, 1.807) is 0 Å². The lowest BCUT2D eigenvalue weighted by Gasteiger charge is -2.39. The molecule has 1 amide bonds. The van der Waals surface area contributed by atoms with Crippen LogP contribution >= 0.6 is 12.2 Å². The first kappa shape index (κ1) is 21.8. The summed E-state index contributed by atoms with van der Waals surface area (Å²) in [6.45, 7) is 12.8. The molecule has 2 heterocycles. The fourth-order valence-electron chi connectivity index (χ4n) is 4.27. The molecule has 2 saturated heterocycles. The number of nitrogens with zero attached hydrogens (tertiary/aromatic N) is 3. The number of likely N-dealkylation sites (tertiary alicyclic amines) is 1. The van der Waals surface area contributed by atoms with Gasteiger partial charge in [-0.15, -0.1) is 0 Å². The number of rotatable bonds is 5. The van der Waals surface area contributed by atoms with Crippen LogP contribution in [0.3, 0.4) is 0 Å². The highest BCUT2D eigenvalue weighted by atomic mass is 32.1. The fourth-order valence-corrected chi connectivity index (χ4v) is 4.57. The molecule has 3 rings (SSSR count). The highest BCUT2D eigenvalue weighted by Crippen LogP contribution is 2.21. The maximum Gasteiger partial charge on any atom is 0.236 e. The van der Waals surface area contributed by atoms with Gasteiger partial charge in [-0.05, 0) is 61.7 Å². The lowest BCUT2D eigenvalue weighted by molar-refractivity contribution is -0.135. The number of carbonyl (C=O) groups excluding carboxylic acids is 1. The minimum Gasteiger partial charge on any atom is -0.494 e. The zero-order valence-corrected chi connectivity index (χ0v) is 18.7. The van der Waals surface area contributed by atoms with E-state index in [4.69, 9.17) is 17.0 Å². The number of thiocarbonyl (C=S) groups is 1. The quantitative estimate of drug-likeness (QED) is 0.742. The molecule has 2 aliphatic rings. The topological polar surface area (TPSA) is 48.1 Å². The Labute approximate surface area is 180 Å². The van der Waals surface area contributed by atoms with Crippen LogP contribution in [0.4, 0.5) is 5.69 Å². The molecule has 0 unspecified atom stereocenters. The number of hydrogen-bond donors (Lipinski definition) is 1. The molecule has 2 fully saturated rings. The van der Waals surface area contributed by atoms with E-state index in [0.29, 0.717) is 25.0 Å². The van der Waals surface area contributed by atoms with Gasteiger partial charge in [0.25, 0.3) is 0 Å². The van der Waals surface area contributed by atoms with Crippen molar-refractivity contribution in [3.8, 4) is 5.75 Å². The van der Waals surface area contributed by atoms with Gasteiger partial charge in [-0.2, -0.15) is 0 Å². The normalized spacial score (nSPS) is 23.0. The predicted molar refractivity (Wildman–Crippen MR) is 121 cm³/mol. The summed E-state index contributed by atoms with van der Waals surface area (Å²) in [5.41, 5.74) is 0.962. The van der Waals surface area contributed by atoms with E-state index in [0.717, 1.165) is 55.8 Å². The van der Waals surface area contributed by atoms with E-state index in [1.807, 2.05) is 31.2 Å². The SMILES string of the molecule is CCOc1ccc(NC(=S)N2CCN(CC(=O)N3C[C@@H](C)C[C@H](C)C3)CC2)cc1. The Bertz CT molecular complexity index is 679. The molecule has 0 aliphatic carbocycles. The van der Waals surface area contributed by atoms with Crippen LogP contribution in [0.1, 0.15) is 27.2 Å². The fraction of sp³-hybridized carbons (Fsp3) is 0.636. The van der Waals surface area contributed by atoms with Crippen LogP contribution in [0, 0.1) is 11.8 Å². The van der Waals surface area contributed by atoms with Crippen LogP contribution in [-0.4, -0.2) is 78.1 Å². The van der Waals surface area contributed by atoms with Crippen molar-refractivity contribution in [2.45, 2.75) is 27.2 Å². The summed E-state index contributed by atoms with van der Waals surface area (Å²) >= 11 is 5.58. The van der Waals surface area contributed by atoms with Gasteiger partial charge >= 0.3 is 0 Å². The van der Waals surface area contributed by atoms with Crippen molar-refractivity contribution in [1.82, 2.24) is 14.7 Å². The number of hydrogen-bond acceptors (Lipinski definition) is 4. The molecule has 29 heavy (non-hydrogen) atoms. The first-order chi connectivity index (χ1) is 13.9. The number of amides is 1. The molecule has 160 valence electrons. The van der Waals surface area contributed by atoms with E-state index in [2.05, 4.69) is 33.9 Å². The van der Waals surface area contributed by atoms with E-state index < -0.39 is 0 Å². The molecule has 0 saturated carbocycles. The second kappa shape index (κ2) is 10.3.